The average molecular weight is 379 g/mol. The second-order valence-corrected chi connectivity index (χ2v) is 7.15. The zero-order chi connectivity index (χ0) is 18.6. The molecule has 0 aromatic heterocycles. The second-order valence-electron chi connectivity index (χ2n) is 7.15. The number of benzene rings is 2. The monoisotopic (exact) mass is 378 g/mol. The van der Waals surface area contributed by atoms with Gasteiger partial charge in [0.15, 0.2) is 0 Å². The number of carbonyl (C=O) groups is 1. The topological polar surface area (TPSA) is 55.6 Å². The van der Waals surface area contributed by atoms with E-state index >= 15 is 0 Å². The molecule has 0 saturated carbocycles. The Morgan fingerprint density at radius 3 is 2.35 bits per heavy atom. The third-order valence-electron chi connectivity index (χ3n) is 4.97. The molecule has 0 fully saturated rings. The van der Waals surface area contributed by atoms with Gasteiger partial charge in [-0.1, -0.05) is 38.1 Å². The van der Waals surface area contributed by atoms with Gasteiger partial charge in [-0.3, -0.25) is 4.79 Å². The van der Waals surface area contributed by atoms with Crippen LogP contribution >= 0.6 is 12.4 Å². The zero-order valence-corrected chi connectivity index (χ0v) is 17.2. The Kier molecular flexibility index (Phi) is 8.38. The van der Waals surface area contributed by atoms with E-state index in [0.29, 0.717) is 12.5 Å². The van der Waals surface area contributed by atoms with Gasteiger partial charge in [0.05, 0.1) is 13.0 Å². The molecule has 2 aromatic carbocycles. The largest absolute Gasteiger partial charge is 0.497 e. The summed E-state index contributed by atoms with van der Waals surface area (Å²) >= 11 is 0. The van der Waals surface area contributed by atoms with Crippen LogP contribution in [0.1, 0.15) is 38.7 Å². The van der Waals surface area contributed by atoms with E-state index in [0.717, 1.165) is 28.5 Å². The molecule has 0 spiro atoms. The number of fused-ring (bicyclic) bond motifs is 1. The predicted octanol–water partition coefficient (Wildman–Crippen LogP) is 4.21. The summed E-state index contributed by atoms with van der Waals surface area (Å²) in [6.45, 7) is 6.87. The Hall–Kier alpha value is -1.78. The van der Waals surface area contributed by atoms with Crippen molar-refractivity contribution in [1.29, 1.82) is 0 Å². The number of rotatable bonds is 7. The molecule has 0 saturated heterocycles. The van der Waals surface area contributed by atoms with Gasteiger partial charge in [-0.15, -0.1) is 12.4 Å². The van der Waals surface area contributed by atoms with Crippen molar-refractivity contribution in [2.24, 2.45) is 11.7 Å². The number of ether oxygens (including phenoxy) is 1. The van der Waals surface area contributed by atoms with E-state index in [4.69, 9.17) is 10.5 Å². The van der Waals surface area contributed by atoms with Crippen molar-refractivity contribution >= 4 is 29.1 Å². The second kappa shape index (κ2) is 9.79. The van der Waals surface area contributed by atoms with Crippen molar-refractivity contribution in [1.82, 2.24) is 4.90 Å². The van der Waals surface area contributed by atoms with Gasteiger partial charge < -0.3 is 15.4 Å². The van der Waals surface area contributed by atoms with Crippen LogP contribution < -0.4 is 10.5 Å². The number of nitrogens with two attached hydrogens (primary N) is 1. The van der Waals surface area contributed by atoms with Crippen molar-refractivity contribution in [3.05, 3.63) is 42.0 Å². The molecular weight excluding hydrogens is 348 g/mol. The molecule has 2 rings (SSSR count). The van der Waals surface area contributed by atoms with E-state index in [2.05, 4.69) is 19.9 Å². The first-order valence-corrected chi connectivity index (χ1v) is 8.91. The van der Waals surface area contributed by atoms with Crippen molar-refractivity contribution in [2.45, 2.75) is 39.2 Å². The molecule has 2 aromatic rings. The summed E-state index contributed by atoms with van der Waals surface area (Å²) in [5, 5.41) is 2.22. The highest BCUT2D eigenvalue weighted by atomic mass is 35.5. The summed E-state index contributed by atoms with van der Waals surface area (Å²) in [6, 6.07) is 12.3. The lowest BCUT2D eigenvalue weighted by Gasteiger charge is -2.24. The maximum Gasteiger partial charge on any atom is 0.229 e. The normalized spacial score (nSPS) is 13.2. The molecule has 0 bridgehead atoms. The van der Waals surface area contributed by atoms with Crippen LogP contribution in [-0.4, -0.2) is 37.6 Å². The van der Waals surface area contributed by atoms with Crippen molar-refractivity contribution in [3.63, 3.8) is 0 Å². The van der Waals surface area contributed by atoms with Crippen LogP contribution in [0.2, 0.25) is 0 Å². The summed E-state index contributed by atoms with van der Waals surface area (Å²) in [7, 11) is 3.52. The van der Waals surface area contributed by atoms with Crippen LogP contribution in [0.5, 0.6) is 5.75 Å². The maximum absolute atomic E-state index is 12.7. The van der Waals surface area contributed by atoms with Gasteiger partial charge in [0.1, 0.15) is 5.75 Å². The van der Waals surface area contributed by atoms with Crippen LogP contribution in [0, 0.1) is 5.92 Å². The highest BCUT2D eigenvalue weighted by molar-refractivity contribution is 5.88. The number of halogens is 1. The number of amides is 1. The van der Waals surface area contributed by atoms with Crippen LogP contribution in [-0.2, 0) is 4.79 Å². The molecule has 2 atom stereocenters. The first kappa shape index (κ1) is 22.3. The van der Waals surface area contributed by atoms with Crippen molar-refractivity contribution in [3.8, 4) is 5.75 Å². The summed E-state index contributed by atoms with van der Waals surface area (Å²) in [5.74, 6) is 1.22. The lowest BCUT2D eigenvalue weighted by Crippen LogP contribution is -2.36. The van der Waals surface area contributed by atoms with Crippen LogP contribution in [0.4, 0.5) is 0 Å². The van der Waals surface area contributed by atoms with E-state index in [-0.39, 0.29) is 30.3 Å². The molecule has 144 valence electrons. The van der Waals surface area contributed by atoms with Crippen molar-refractivity contribution in [2.75, 3.05) is 20.7 Å². The standard InChI is InChI=1S/C21H30N2O2.ClH/c1-14(2)20(22)10-11-23(4)21(24)15(3)16-6-7-18-13-19(25-5)9-8-17(18)12-16;/h6-9,12-15,20H,10-11,22H2,1-5H3;1H. The number of methoxy groups -OCH3 is 1. The van der Waals surface area contributed by atoms with E-state index in [1.807, 2.05) is 44.3 Å². The summed E-state index contributed by atoms with van der Waals surface area (Å²) in [6.07, 6.45) is 0.824. The molecule has 1 amide bonds. The Morgan fingerprint density at radius 2 is 1.73 bits per heavy atom. The number of hydrogen-bond acceptors (Lipinski definition) is 3. The molecule has 0 heterocycles. The average Bonchev–Trinajstić information content (AvgIpc) is 2.63. The van der Waals surface area contributed by atoms with Gasteiger partial charge in [0.2, 0.25) is 5.91 Å². The molecule has 26 heavy (non-hydrogen) atoms. The minimum absolute atomic E-state index is 0. The lowest BCUT2D eigenvalue weighted by atomic mass is 9.96. The summed E-state index contributed by atoms with van der Waals surface area (Å²) < 4.78 is 5.26. The zero-order valence-electron chi connectivity index (χ0n) is 16.4. The Labute approximate surface area is 163 Å². The first-order chi connectivity index (χ1) is 11.8. The SMILES string of the molecule is COc1ccc2cc(C(C)C(=O)N(C)CCC(N)C(C)C)ccc2c1.Cl. The lowest BCUT2D eigenvalue weighted by molar-refractivity contribution is -0.131. The fourth-order valence-corrected chi connectivity index (χ4v) is 2.90. The number of nitrogens with zero attached hydrogens (tertiary/aromatic N) is 1. The van der Waals surface area contributed by atoms with Gasteiger partial charge >= 0.3 is 0 Å². The van der Waals surface area contributed by atoms with Crippen molar-refractivity contribution < 1.29 is 9.53 Å². The summed E-state index contributed by atoms with van der Waals surface area (Å²) in [4.78, 5) is 14.5. The smallest absolute Gasteiger partial charge is 0.229 e. The van der Waals surface area contributed by atoms with E-state index in [1.165, 1.54) is 0 Å². The van der Waals surface area contributed by atoms with Gasteiger partial charge in [0.25, 0.3) is 0 Å². The van der Waals surface area contributed by atoms with Gasteiger partial charge in [-0.2, -0.15) is 0 Å². The van der Waals surface area contributed by atoms with Gasteiger partial charge in [0, 0.05) is 19.6 Å². The Morgan fingerprint density at radius 1 is 1.12 bits per heavy atom. The van der Waals surface area contributed by atoms with Crippen LogP contribution in [0.15, 0.2) is 36.4 Å². The van der Waals surface area contributed by atoms with E-state index in [1.54, 1.807) is 12.0 Å². The van der Waals surface area contributed by atoms with E-state index in [9.17, 15) is 4.79 Å². The minimum Gasteiger partial charge on any atom is -0.497 e. The molecule has 4 nitrogen and oxygen atoms in total. The Bertz CT molecular complexity index is 733. The van der Waals surface area contributed by atoms with Crippen LogP contribution in [0.3, 0.4) is 0 Å². The maximum atomic E-state index is 12.7. The molecule has 0 aliphatic heterocycles. The molecule has 5 heteroatoms. The molecular formula is C21H31ClN2O2. The molecule has 0 radical (unpaired) electrons. The highest BCUT2D eigenvalue weighted by Gasteiger charge is 2.20. The predicted molar refractivity (Wildman–Crippen MR) is 111 cm³/mol. The van der Waals surface area contributed by atoms with Crippen LogP contribution in [0.25, 0.3) is 10.8 Å². The third-order valence-corrected chi connectivity index (χ3v) is 4.97. The first-order valence-electron chi connectivity index (χ1n) is 8.91. The minimum atomic E-state index is -0.174. The van der Waals surface area contributed by atoms with Gasteiger partial charge in [-0.25, -0.2) is 0 Å². The molecule has 0 aliphatic rings. The van der Waals surface area contributed by atoms with E-state index < -0.39 is 0 Å². The highest BCUT2D eigenvalue weighted by Crippen LogP contribution is 2.26. The molecule has 2 N–H and O–H groups in total. The molecule has 2 unspecified atom stereocenters. The quantitative estimate of drug-likeness (QED) is 0.785. The third kappa shape index (κ3) is 5.36. The number of hydrogen-bond donors (Lipinski definition) is 1. The number of likely N-dealkylation sites (N-methyl/N-ethyl adjacent to an activating group) is 1. The number of carbonyl (C=O) groups excluding carboxylic acids is 1. The Balaban J connectivity index is 0.00000338. The summed E-state index contributed by atoms with van der Waals surface area (Å²) in [5.41, 5.74) is 7.12. The fourth-order valence-electron chi connectivity index (χ4n) is 2.90. The molecule has 0 aliphatic carbocycles. The van der Waals surface area contributed by atoms with Gasteiger partial charge in [-0.05, 0) is 47.7 Å². The fraction of sp³-hybridized carbons (Fsp3) is 0.476.